The number of carbonyl (C=O) groups excluding carboxylic acids is 2. The molecule has 0 spiro atoms. The number of allylic oxidation sites excluding steroid dienone is 28. The molecule has 0 bridgehead atoms. The van der Waals surface area contributed by atoms with E-state index in [4.69, 9.17) is 18.9 Å². The third-order valence-corrected chi connectivity index (χ3v) is 15.0. The van der Waals surface area contributed by atoms with Gasteiger partial charge in [0.1, 0.15) is 13.2 Å². The average molecular weight is 1260 g/mol. The van der Waals surface area contributed by atoms with Crippen LogP contribution in [-0.2, 0) is 33.3 Å². The van der Waals surface area contributed by atoms with Crippen molar-refractivity contribution < 1.29 is 42.9 Å². The molecule has 2 unspecified atom stereocenters. The van der Waals surface area contributed by atoms with Crippen LogP contribution in [0.5, 0.6) is 0 Å². The van der Waals surface area contributed by atoms with Crippen LogP contribution in [0, 0.1) is 0 Å². The number of ether oxygens (including phenoxy) is 4. The van der Waals surface area contributed by atoms with Crippen LogP contribution in [0.4, 0.5) is 0 Å². The zero-order chi connectivity index (χ0) is 66.1. The zero-order valence-electron chi connectivity index (χ0n) is 58.7. The first-order valence-corrected chi connectivity index (χ1v) is 36.3. The number of rotatable bonds is 65. The van der Waals surface area contributed by atoms with Crippen molar-refractivity contribution in [3.8, 4) is 0 Å². The number of unbranched alkanes of at least 4 members (excludes halogenated alkanes) is 22. The fraction of sp³-hybridized carbons (Fsp3) is 0.622. The van der Waals surface area contributed by atoms with Crippen molar-refractivity contribution >= 4 is 17.9 Å². The van der Waals surface area contributed by atoms with Gasteiger partial charge in [-0.2, -0.15) is 0 Å². The van der Waals surface area contributed by atoms with Gasteiger partial charge in [-0.25, -0.2) is 4.79 Å². The molecule has 0 radical (unpaired) electrons. The van der Waals surface area contributed by atoms with E-state index in [9.17, 15) is 19.5 Å². The second kappa shape index (κ2) is 70.5. The summed E-state index contributed by atoms with van der Waals surface area (Å²) in [6, 6.07) is 0. The molecule has 0 aromatic heterocycles. The molecule has 0 aliphatic heterocycles. The standard InChI is InChI=1S/C82H133NO8/c1-6-8-10-12-14-16-18-20-22-24-26-28-30-32-34-35-36-37-38-39-40-41-42-43-44-45-47-48-50-52-54-56-58-60-62-64-66-68-70-72-79(84)89-76-78(77-90-82(81(86)87)88-75-74-83(3,4)5)91-80(85)73-71-69-67-65-63-61-59-57-55-53-51-49-46-33-31-29-27-25-23-21-19-17-15-13-11-9-7-2/h8-11,14-17,20-23,26-29,32-34,36-37,46,51,53,57,59,63,65,78,82H,6-7,12-13,18-19,24-25,30-31,35,38-45,47-50,52,54-56,58,60-62,64,66-77H2,1-5H3/p+1/b10-8-,11-9-,16-14-,17-15-,22-20-,23-21-,28-26-,29-27-,34-32-,37-36-,46-33-,53-51-,59-57-,65-63-. The molecule has 0 saturated heterocycles. The van der Waals surface area contributed by atoms with Crippen LogP contribution < -0.4 is 0 Å². The molecular weight excluding hydrogens is 1130 g/mol. The van der Waals surface area contributed by atoms with Gasteiger partial charge in [0.05, 0.1) is 34.4 Å². The second-order valence-corrected chi connectivity index (χ2v) is 24.8. The van der Waals surface area contributed by atoms with Crippen molar-refractivity contribution in [3.63, 3.8) is 0 Å². The maximum atomic E-state index is 12.9. The Hall–Kier alpha value is -5.35. The largest absolute Gasteiger partial charge is 0.477 e. The Bertz CT molecular complexity index is 2100. The predicted octanol–water partition coefficient (Wildman–Crippen LogP) is 23.0. The average Bonchev–Trinajstić information content (AvgIpc) is 3.46. The molecule has 0 fully saturated rings. The van der Waals surface area contributed by atoms with E-state index in [-0.39, 0.29) is 38.6 Å². The van der Waals surface area contributed by atoms with Gasteiger partial charge in [-0.05, 0) is 128 Å². The number of carboxylic acids is 1. The van der Waals surface area contributed by atoms with E-state index in [1.807, 2.05) is 21.1 Å². The van der Waals surface area contributed by atoms with Crippen LogP contribution in [0.25, 0.3) is 0 Å². The molecule has 0 aromatic carbocycles. The second-order valence-electron chi connectivity index (χ2n) is 24.8. The lowest BCUT2D eigenvalue weighted by atomic mass is 10.0. The molecule has 0 aromatic rings. The van der Waals surface area contributed by atoms with Crippen molar-refractivity contribution in [2.75, 3.05) is 47.5 Å². The minimum Gasteiger partial charge on any atom is -0.477 e. The topological polar surface area (TPSA) is 108 Å². The van der Waals surface area contributed by atoms with Crippen LogP contribution in [0.3, 0.4) is 0 Å². The van der Waals surface area contributed by atoms with Gasteiger partial charge >= 0.3 is 17.9 Å². The van der Waals surface area contributed by atoms with Gasteiger partial charge in [-0.1, -0.05) is 300 Å². The smallest absolute Gasteiger partial charge is 0.361 e. The summed E-state index contributed by atoms with van der Waals surface area (Å²) in [5.41, 5.74) is 0. The lowest BCUT2D eigenvalue weighted by molar-refractivity contribution is -0.870. The number of quaternary nitrogens is 1. The summed E-state index contributed by atoms with van der Waals surface area (Å²) < 4.78 is 22.9. The number of hydrogen-bond acceptors (Lipinski definition) is 7. The molecule has 0 amide bonds. The van der Waals surface area contributed by atoms with Crippen molar-refractivity contribution in [3.05, 3.63) is 170 Å². The van der Waals surface area contributed by atoms with Gasteiger partial charge in [-0.15, -0.1) is 0 Å². The molecule has 9 nitrogen and oxygen atoms in total. The SMILES string of the molecule is CC/C=C\C/C=C\C/C=C\C/C=C\C/C=C\C/C=C\C/C=C\C/C=C\CCCCC(=O)OC(COC(=O)CCCCCCCCCCCCCCCCCCCCCC/C=C\C/C=C\C/C=C\C/C=C\C/C=C\C/C=C\CC)COC(OCC[N+](C)(C)C)C(=O)O. The first-order chi connectivity index (χ1) is 44.6. The summed E-state index contributed by atoms with van der Waals surface area (Å²) in [5, 5.41) is 9.75. The molecule has 514 valence electrons. The Kier molecular flexibility index (Phi) is 66.4. The van der Waals surface area contributed by atoms with Gasteiger partial charge in [0, 0.05) is 12.8 Å². The molecule has 0 aliphatic carbocycles. The van der Waals surface area contributed by atoms with Gasteiger partial charge < -0.3 is 28.5 Å². The van der Waals surface area contributed by atoms with Crippen molar-refractivity contribution in [1.29, 1.82) is 0 Å². The quantitative estimate of drug-likeness (QED) is 0.0211. The lowest BCUT2D eigenvalue weighted by Gasteiger charge is -2.25. The fourth-order valence-corrected chi connectivity index (χ4v) is 9.50. The van der Waals surface area contributed by atoms with Gasteiger partial charge in [-0.3, -0.25) is 9.59 Å². The van der Waals surface area contributed by atoms with Crippen molar-refractivity contribution in [1.82, 2.24) is 0 Å². The van der Waals surface area contributed by atoms with E-state index in [0.29, 0.717) is 17.4 Å². The monoisotopic (exact) mass is 1260 g/mol. The number of esters is 2. The Morgan fingerprint density at radius 2 is 0.593 bits per heavy atom. The molecule has 9 heteroatoms. The number of nitrogens with zero attached hydrogens (tertiary/aromatic N) is 1. The molecule has 2 atom stereocenters. The molecule has 0 rings (SSSR count). The van der Waals surface area contributed by atoms with Crippen molar-refractivity contribution in [2.45, 2.75) is 283 Å². The van der Waals surface area contributed by atoms with E-state index in [0.717, 1.165) is 122 Å². The summed E-state index contributed by atoms with van der Waals surface area (Å²) in [6.45, 7) is 4.59. The number of aliphatic carboxylic acids is 1. The van der Waals surface area contributed by atoms with Crippen LogP contribution >= 0.6 is 0 Å². The van der Waals surface area contributed by atoms with E-state index >= 15 is 0 Å². The Morgan fingerprint density at radius 1 is 0.330 bits per heavy atom. The van der Waals surface area contributed by atoms with Crippen LogP contribution in [0.2, 0.25) is 0 Å². The Balaban J connectivity index is 4.14. The normalized spacial score (nSPS) is 13.7. The Labute approximate surface area is 558 Å². The fourth-order valence-electron chi connectivity index (χ4n) is 9.50. The number of likely N-dealkylation sites (N-methyl/N-ethyl adjacent to an activating group) is 1. The van der Waals surface area contributed by atoms with Gasteiger partial charge in [0.2, 0.25) is 0 Å². The molecule has 1 N–H and O–H groups in total. The molecule has 0 aliphatic rings. The summed E-state index contributed by atoms with van der Waals surface area (Å²) >= 11 is 0. The van der Waals surface area contributed by atoms with E-state index in [2.05, 4.69) is 184 Å². The van der Waals surface area contributed by atoms with Crippen LogP contribution in [-0.4, -0.2) is 87.4 Å². The maximum Gasteiger partial charge on any atom is 0.361 e. The van der Waals surface area contributed by atoms with Crippen LogP contribution in [0.15, 0.2) is 170 Å². The third-order valence-electron chi connectivity index (χ3n) is 15.0. The minimum absolute atomic E-state index is 0.171. The predicted molar refractivity (Wildman–Crippen MR) is 391 cm³/mol. The highest BCUT2D eigenvalue weighted by Crippen LogP contribution is 2.17. The van der Waals surface area contributed by atoms with Gasteiger partial charge in [0.25, 0.3) is 6.29 Å². The van der Waals surface area contributed by atoms with E-state index in [1.54, 1.807) is 0 Å². The summed E-state index contributed by atoms with van der Waals surface area (Å²) in [6.07, 6.45) is 103. The first-order valence-electron chi connectivity index (χ1n) is 36.3. The number of carbonyl (C=O) groups is 3. The molecule has 91 heavy (non-hydrogen) atoms. The summed E-state index contributed by atoms with van der Waals surface area (Å²) in [7, 11) is 5.95. The number of carboxylic acid groups (broad SMARTS) is 1. The zero-order valence-corrected chi connectivity index (χ0v) is 58.7. The summed E-state index contributed by atoms with van der Waals surface area (Å²) in [4.78, 5) is 37.6. The summed E-state index contributed by atoms with van der Waals surface area (Å²) in [5.74, 6) is -2.07. The lowest BCUT2D eigenvalue weighted by Crippen LogP contribution is -2.40. The van der Waals surface area contributed by atoms with E-state index < -0.39 is 24.3 Å². The van der Waals surface area contributed by atoms with Gasteiger partial charge in [0.15, 0.2) is 6.10 Å². The Morgan fingerprint density at radius 3 is 0.901 bits per heavy atom. The van der Waals surface area contributed by atoms with Crippen molar-refractivity contribution in [2.24, 2.45) is 0 Å². The van der Waals surface area contributed by atoms with E-state index in [1.165, 1.54) is 116 Å². The first kappa shape index (κ1) is 85.7. The molecular formula is C82H134NO8+. The highest BCUT2D eigenvalue weighted by Gasteiger charge is 2.25. The molecule has 0 heterocycles. The minimum atomic E-state index is -1.53. The third kappa shape index (κ3) is 71.9. The molecule has 0 saturated carbocycles. The maximum absolute atomic E-state index is 12.9. The van der Waals surface area contributed by atoms with Crippen LogP contribution in [0.1, 0.15) is 271 Å². The number of hydrogen-bond donors (Lipinski definition) is 1. The highest BCUT2D eigenvalue weighted by atomic mass is 16.7. The highest BCUT2D eigenvalue weighted by molar-refractivity contribution is 5.71.